The maximum absolute atomic E-state index is 13.6. The second kappa shape index (κ2) is 10.2. The van der Waals surface area contributed by atoms with Crippen molar-refractivity contribution in [3.8, 4) is 0 Å². The lowest BCUT2D eigenvalue weighted by Crippen LogP contribution is -2.38. The van der Waals surface area contributed by atoms with Crippen LogP contribution in [0, 0.1) is 11.6 Å². The summed E-state index contributed by atoms with van der Waals surface area (Å²) in [6.07, 6.45) is 1.83. The fraction of sp³-hybridized carbons (Fsp3) is 0.400. The number of aliphatic imine (C=N–C) groups is 1. The van der Waals surface area contributed by atoms with E-state index in [-0.39, 0.29) is 24.0 Å². The van der Waals surface area contributed by atoms with Gasteiger partial charge >= 0.3 is 0 Å². The Kier molecular flexibility index (Phi) is 8.58. The second-order valence-electron chi connectivity index (χ2n) is 4.91. The highest BCUT2D eigenvalue weighted by atomic mass is 127. The van der Waals surface area contributed by atoms with Gasteiger partial charge in [-0.15, -0.1) is 24.0 Å². The number of hydrogen-bond acceptors (Lipinski definition) is 3. The first-order chi connectivity index (χ1) is 11.1. The van der Waals surface area contributed by atoms with Gasteiger partial charge < -0.3 is 10.6 Å². The van der Waals surface area contributed by atoms with Crippen LogP contribution in [0.25, 0.3) is 0 Å². The van der Waals surface area contributed by atoms with Gasteiger partial charge in [-0.05, 0) is 37.1 Å². The van der Waals surface area contributed by atoms with Crippen LogP contribution in [-0.2, 0) is 20.0 Å². The number of nitrogens with one attached hydrogen (secondary N) is 2. The fourth-order valence-corrected chi connectivity index (χ4v) is 2.01. The van der Waals surface area contributed by atoms with E-state index < -0.39 is 11.6 Å². The third kappa shape index (κ3) is 6.02. The van der Waals surface area contributed by atoms with Gasteiger partial charge in [0.2, 0.25) is 0 Å². The molecule has 0 atom stereocenters. The largest absolute Gasteiger partial charge is 0.357 e. The molecule has 2 rings (SSSR count). The van der Waals surface area contributed by atoms with Crippen LogP contribution in [-0.4, -0.2) is 33.8 Å². The molecule has 24 heavy (non-hydrogen) atoms. The summed E-state index contributed by atoms with van der Waals surface area (Å²) in [5.74, 6) is 0.476. The molecule has 2 aromatic rings. The Morgan fingerprint density at radius 1 is 1.29 bits per heavy atom. The van der Waals surface area contributed by atoms with Gasteiger partial charge in [0.15, 0.2) is 5.96 Å². The average molecular weight is 450 g/mol. The number of nitrogens with zero attached hydrogens (tertiary/aromatic N) is 4. The Morgan fingerprint density at radius 2 is 2.08 bits per heavy atom. The van der Waals surface area contributed by atoms with Crippen LogP contribution in [0.5, 0.6) is 0 Å². The number of halogens is 3. The second-order valence-corrected chi connectivity index (χ2v) is 4.91. The molecular formula is C15H21F2IN6. The maximum atomic E-state index is 13.6. The SMILES string of the molecule is CCNC(=NCc1ncnn1C)NCCc1cc(F)ccc1F.I. The smallest absolute Gasteiger partial charge is 0.191 e. The van der Waals surface area contributed by atoms with Crippen molar-refractivity contribution in [2.24, 2.45) is 12.0 Å². The van der Waals surface area contributed by atoms with Gasteiger partial charge in [-0.3, -0.25) is 4.68 Å². The lowest BCUT2D eigenvalue weighted by Gasteiger charge is -2.11. The highest BCUT2D eigenvalue weighted by Gasteiger charge is 2.05. The van der Waals surface area contributed by atoms with Crippen molar-refractivity contribution in [3.05, 3.63) is 47.5 Å². The molecule has 0 saturated heterocycles. The number of benzene rings is 1. The lowest BCUT2D eigenvalue weighted by atomic mass is 10.1. The molecule has 0 aliphatic heterocycles. The summed E-state index contributed by atoms with van der Waals surface area (Å²) in [7, 11) is 1.80. The number of aromatic nitrogens is 3. The molecule has 1 aromatic carbocycles. The molecular weight excluding hydrogens is 429 g/mol. The molecule has 0 radical (unpaired) electrons. The Bertz CT molecular complexity index is 674. The van der Waals surface area contributed by atoms with E-state index in [0.717, 1.165) is 18.0 Å². The van der Waals surface area contributed by atoms with Gasteiger partial charge in [-0.1, -0.05) is 0 Å². The van der Waals surface area contributed by atoms with Gasteiger partial charge in [-0.2, -0.15) is 5.10 Å². The van der Waals surface area contributed by atoms with Gasteiger partial charge in [-0.25, -0.2) is 18.8 Å². The number of rotatable bonds is 6. The van der Waals surface area contributed by atoms with Crippen LogP contribution < -0.4 is 10.6 Å². The molecule has 0 bridgehead atoms. The van der Waals surface area contributed by atoms with E-state index in [4.69, 9.17) is 0 Å². The van der Waals surface area contributed by atoms with Crippen molar-refractivity contribution in [2.75, 3.05) is 13.1 Å². The van der Waals surface area contributed by atoms with E-state index in [9.17, 15) is 8.78 Å². The lowest BCUT2D eigenvalue weighted by molar-refractivity contribution is 0.583. The maximum Gasteiger partial charge on any atom is 0.191 e. The third-order valence-corrected chi connectivity index (χ3v) is 3.22. The van der Waals surface area contributed by atoms with Crippen molar-refractivity contribution in [3.63, 3.8) is 0 Å². The highest BCUT2D eigenvalue weighted by Crippen LogP contribution is 2.09. The molecule has 1 heterocycles. The van der Waals surface area contributed by atoms with Crippen molar-refractivity contribution in [1.82, 2.24) is 25.4 Å². The van der Waals surface area contributed by atoms with Crippen LogP contribution in [0.4, 0.5) is 8.78 Å². The first-order valence-electron chi connectivity index (χ1n) is 7.39. The van der Waals surface area contributed by atoms with E-state index in [1.54, 1.807) is 11.7 Å². The van der Waals surface area contributed by atoms with Crippen molar-refractivity contribution >= 4 is 29.9 Å². The van der Waals surface area contributed by atoms with E-state index in [1.165, 1.54) is 12.4 Å². The predicted molar refractivity (Wildman–Crippen MR) is 99.3 cm³/mol. The monoisotopic (exact) mass is 450 g/mol. The van der Waals surface area contributed by atoms with Crippen molar-refractivity contribution < 1.29 is 8.78 Å². The number of aryl methyl sites for hydroxylation is 1. The minimum absolute atomic E-state index is 0. The molecule has 0 amide bonds. The van der Waals surface area contributed by atoms with Crippen molar-refractivity contribution in [2.45, 2.75) is 19.9 Å². The van der Waals surface area contributed by atoms with Crippen LogP contribution >= 0.6 is 24.0 Å². The van der Waals surface area contributed by atoms with Gasteiger partial charge in [0.25, 0.3) is 0 Å². The Labute approximate surface area is 156 Å². The summed E-state index contributed by atoms with van der Waals surface area (Å²) in [6.45, 7) is 3.45. The summed E-state index contributed by atoms with van der Waals surface area (Å²) in [4.78, 5) is 8.49. The molecule has 9 heteroatoms. The topological polar surface area (TPSA) is 67.1 Å². The summed E-state index contributed by atoms with van der Waals surface area (Å²) in [6, 6.07) is 3.46. The zero-order valence-electron chi connectivity index (χ0n) is 13.6. The molecule has 0 spiro atoms. The van der Waals surface area contributed by atoms with Crippen LogP contribution in [0.2, 0.25) is 0 Å². The Morgan fingerprint density at radius 3 is 2.75 bits per heavy atom. The Balaban J connectivity index is 0.00000288. The normalized spacial score (nSPS) is 11.1. The third-order valence-electron chi connectivity index (χ3n) is 3.22. The summed E-state index contributed by atoms with van der Waals surface area (Å²) in [5.41, 5.74) is 0.335. The molecule has 6 nitrogen and oxygen atoms in total. The minimum Gasteiger partial charge on any atom is -0.357 e. The molecule has 0 aliphatic carbocycles. The predicted octanol–water partition coefficient (Wildman–Crippen LogP) is 2.01. The van der Waals surface area contributed by atoms with Gasteiger partial charge in [0.1, 0.15) is 30.3 Å². The zero-order chi connectivity index (χ0) is 16.7. The first kappa shape index (κ1) is 20.3. The molecule has 2 N–H and O–H groups in total. The minimum atomic E-state index is -0.441. The average Bonchev–Trinajstić information content (AvgIpc) is 2.93. The fourth-order valence-electron chi connectivity index (χ4n) is 2.01. The molecule has 0 fully saturated rings. The van der Waals surface area contributed by atoms with E-state index >= 15 is 0 Å². The summed E-state index contributed by atoms with van der Waals surface area (Å²) in [5, 5.41) is 10.2. The zero-order valence-corrected chi connectivity index (χ0v) is 15.9. The molecule has 0 saturated carbocycles. The van der Waals surface area contributed by atoms with Crippen LogP contribution in [0.1, 0.15) is 18.3 Å². The molecule has 1 aromatic heterocycles. The van der Waals surface area contributed by atoms with Crippen molar-refractivity contribution in [1.29, 1.82) is 0 Å². The number of guanidine groups is 1. The standard InChI is InChI=1S/C15H20F2N6.HI/c1-3-18-15(20-9-14-21-10-22-23(14)2)19-7-6-11-8-12(16)4-5-13(11)17;/h4-5,8,10H,3,6-7,9H2,1-2H3,(H2,18,19,20);1H. The molecule has 0 aliphatic rings. The summed E-state index contributed by atoms with van der Waals surface area (Å²) >= 11 is 0. The molecule has 132 valence electrons. The van der Waals surface area contributed by atoms with Crippen LogP contribution in [0.15, 0.2) is 29.5 Å². The highest BCUT2D eigenvalue weighted by molar-refractivity contribution is 14.0. The number of hydrogen-bond donors (Lipinski definition) is 2. The quantitative estimate of drug-likeness (QED) is 0.402. The Hall–Kier alpha value is -1.78. The van der Waals surface area contributed by atoms with E-state index in [1.807, 2.05) is 6.92 Å². The van der Waals surface area contributed by atoms with Crippen LogP contribution in [0.3, 0.4) is 0 Å². The van der Waals surface area contributed by atoms with E-state index in [0.29, 0.717) is 37.6 Å². The molecule has 0 unspecified atom stereocenters. The first-order valence-corrected chi connectivity index (χ1v) is 7.39. The summed E-state index contributed by atoms with van der Waals surface area (Å²) < 4.78 is 28.3. The van der Waals surface area contributed by atoms with Gasteiger partial charge in [0.05, 0.1) is 0 Å². The van der Waals surface area contributed by atoms with E-state index in [2.05, 4.69) is 25.7 Å². The van der Waals surface area contributed by atoms with Gasteiger partial charge in [0, 0.05) is 20.1 Å².